The third kappa shape index (κ3) is 4.97. The fraction of sp³-hybridized carbons (Fsp3) is 0.222. The Hall–Kier alpha value is -3.91. The second-order valence-corrected chi connectivity index (χ2v) is 8.74. The van der Waals surface area contributed by atoms with Gasteiger partial charge in [-0.3, -0.25) is 9.36 Å². The number of carbonyl (C=O) groups is 1. The highest BCUT2D eigenvalue weighted by molar-refractivity contribution is 7.07. The maximum Gasteiger partial charge on any atom is 0.338 e. The van der Waals surface area contributed by atoms with Crippen LogP contribution in [0, 0.1) is 0 Å². The number of hydrogen-bond donors (Lipinski definition) is 0. The number of aromatic nitrogens is 1. The van der Waals surface area contributed by atoms with Gasteiger partial charge in [-0.25, -0.2) is 9.79 Å². The summed E-state index contributed by atoms with van der Waals surface area (Å²) >= 11 is 1.27. The first-order chi connectivity index (χ1) is 17.0. The molecule has 0 saturated carbocycles. The predicted octanol–water partition coefficient (Wildman–Crippen LogP) is 3.48. The van der Waals surface area contributed by atoms with E-state index in [4.69, 9.17) is 14.2 Å². The molecule has 0 unspecified atom stereocenters. The number of allylic oxidation sites excluding steroid dienone is 2. The van der Waals surface area contributed by atoms with E-state index in [2.05, 4.69) is 4.99 Å². The summed E-state index contributed by atoms with van der Waals surface area (Å²) in [6, 6.07) is 14.5. The average molecular weight is 491 g/mol. The number of methoxy groups -OCH3 is 2. The highest BCUT2D eigenvalue weighted by Gasteiger charge is 2.30. The molecule has 0 spiro atoms. The Labute approximate surface area is 206 Å². The summed E-state index contributed by atoms with van der Waals surface area (Å²) in [5.41, 5.74) is 2.39. The smallest absolute Gasteiger partial charge is 0.338 e. The van der Waals surface area contributed by atoms with Crippen molar-refractivity contribution in [3.8, 4) is 11.5 Å². The van der Waals surface area contributed by atoms with Gasteiger partial charge in [-0.2, -0.15) is 0 Å². The molecule has 1 aromatic heterocycles. The Bertz CT molecular complexity index is 1480. The van der Waals surface area contributed by atoms with Crippen LogP contribution >= 0.6 is 11.3 Å². The summed E-state index contributed by atoms with van der Waals surface area (Å²) in [4.78, 5) is 31.5. The zero-order valence-electron chi connectivity index (χ0n) is 20.0. The van der Waals surface area contributed by atoms with Crippen LogP contribution < -0.4 is 24.4 Å². The lowest BCUT2D eigenvalue weighted by Crippen LogP contribution is -2.38. The topological polar surface area (TPSA) is 79.1 Å². The van der Waals surface area contributed by atoms with E-state index in [0.29, 0.717) is 32.1 Å². The monoisotopic (exact) mass is 490 g/mol. The summed E-state index contributed by atoms with van der Waals surface area (Å²) < 4.78 is 18.0. The third-order valence-electron chi connectivity index (χ3n) is 5.54. The summed E-state index contributed by atoms with van der Waals surface area (Å²) in [5.74, 6) is 0.690. The van der Waals surface area contributed by atoms with E-state index in [0.717, 1.165) is 11.1 Å². The van der Waals surface area contributed by atoms with Crippen molar-refractivity contribution in [2.45, 2.75) is 19.9 Å². The quantitative estimate of drug-likeness (QED) is 0.474. The van der Waals surface area contributed by atoms with Gasteiger partial charge in [-0.1, -0.05) is 59.9 Å². The van der Waals surface area contributed by atoms with Crippen molar-refractivity contribution >= 4 is 29.5 Å². The summed E-state index contributed by atoms with van der Waals surface area (Å²) in [7, 11) is 3.14. The van der Waals surface area contributed by atoms with Crippen LogP contribution in [0.2, 0.25) is 0 Å². The number of fused-ring (bicyclic) bond motifs is 1. The molecule has 1 aliphatic rings. The standard InChI is InChI=1S/C27H26N2O5S/c1-5-34-26(31)24-17(2)28-27-29(20(24)13-11-18-9-7-6-8-10-18)25(30)23(35-27)16-19-12-14-21(32-3)22(15-19)33-4/h6-16,20H,5H2,1-4H3/b13-11+,23-16?/t20-/m1/s1. The lowest BCUT2D eigenvalue weighted by molar-refractivity contribution is -0.139. The second kappa shape index (κ2) is 10.6. The van der Waals surface area contributed by atoms with E-state index in [9.17, 15) is 9.59 Å². The van der Waals surface area contributed by atoms with Crippen LogP contribution in [0.3, 0.4) is 0 Å². The lowest BCUT2D eigenvalue weighted by atomic mass is 10.0. The molecule has 3 aromatic rings. The number of thiazole rings is 1. The van der Waals surface area contributed by atoms with E-state index in [1.165, 1.54) is 11.3 Å². The Morgan fingerprint density at radius 1 is 1.09 bits per heavy atom. The summed E-state index contributed by atoms with van der Waals surface area (Å²) in [6.07, 6.45) is 5.53. The number of rotatable bonds is 7. The molecule has 0 fully saturated rings. The molecule has 2 aromatic carbocycles. The number of nitrogens with zero attached hydrogens (tertiary/aromatic N) is 2. The van der Waals surface area contributed by atoms with Crippen molar-refractivity contribution in [2.75, 3.05) is 20.8 Å². The van der Waals surface area contributed by atoms with Gasteiger partial charge < -0.3 is 14.2 Å². The molecule has 0 amide bonds. The highest BCUT2D eigenvalue weighted by Crippen LogP contribution is 2.28. The Morgan fingerprint density at radius 3 is 2.51 bits per heavy atom. The predicted molar refractivity (Wildman–Crippen MR) is 136 cm³/mol. The zero-order valence-corrected chi connectivity index (χ0v) is 20.8. The van der Waals surface area contributed by atoms with Crippen LogP contribution in [0.4, 0.5) is 0 Å². The van der Waals surface area contributed by atoms with Gasteiger partial charge in [0, 0.05) is 0 Å². The van der Waals surface area contributed by atoms with Crippen molar-refractivity contribution in [3.63, 3.8) is 0 Å². The summed E-state index contributed by atoms with van der Waals surface area (Å²) in [6.45, 7) is 3.75. The average Bonchev–Trinajstić information content (AvgIpc) is 3.17. The first-order valence-electron chi connectivity index (χ1n) is 11.1. The van der Waals surface area contributed by atoms with E-state index in [1.807, 2.05) is 48.6 Å². The minimum absolute atomic E-state index is 0.231. The SMILES string of the molecule is CCOC(=O)C1=C(C)N=c2sc(=Cc3ccc(OC)c(OC)c3)c(=O)n2[C@@H]1/C=C/c1ccccc1. The maximum absolute atomic E-state index is 13.6. The van der Waals surface area contributed by atoms with Gasteiger partial charge in [0.05, 0.1) is 42.7 Å². The van der Waals surface area contributed by atoms with Gasteiger partial charge in [0.25, 0.3) is 5.56 Å². The highest BCUT2D eigenvalue weighted by atomic mass is 32.1. The molecule has 7 nitrogen and oxygen atoms in total. The van der Waals surface area contributed by atoms with Gasteiger partial charge in [-0.15, -0.1) is 0 Å². The van der Waals surface area contributed by atoms with E-state index < -0.39 is 12.0 Å². The molecule has 0 bridgehead atoms. The van der Waals surface area contributed by atoms with Crippen LogP contribution in [0.25, 0.3) is 12.2 Å². The van der Waals surface area contributed by atoms with Crippen molar-refractivity contribution in [1.82, 2.24) is 4.57 Å². The van der Waals surface area contributed by atoms with Crippen molar-refractivity contribution in [1.29, 1.82) is 0 Å². The van der Waals surface area contributed by atoms with Gasteiger partial charge >= 0.3 is 5.97 Å². The number of hydrogen-bond acceptors (Lipinski definition) is 7. The number of benzene rings is 2. The minimum Gasteiger partial charge on any atom is -0.493 e. The van der Waals surface area contributed by atoms with Crippen LogP contribution in [-0.2, 0) is 9.53 Å². The van der Waals surface area contributed by atoms with Gasteiger partial charge in [-0.05, 0) is 43.2 Å². The molecular formula is C27H26N2O5S. The van der Waals surface area contributed by atoms with E-state index in [-0.39, 0.29) is 12.2 Å². The fourth-order valence-electron chi connectivity index (χ4n) is 3.88. The molecule has 1 aliphatic heterocycles. The molecule has 0 aliphatic carbocycles. The maximum atomic E-state index is 13.6. The Kier molecular flexibility index (Phi) is 7.31. The molecule has 0 saturated heterocycles. The van der Waals surface area contributed by atoms with Gasteiger partial charge in [0.1, 0.15) is 0 Å². The molecule has 4 rings (SSSR count). The second-order valence-electron chi connectivity index (χ2n) is 7.73. The third-order valence-corrected chi connectivity index (χ3v) is 6.52. The molecular weight excluding hydrogens is 464 g/mol. The van der Waals surface area contributed by atoms with Crippen molar-refractivity contribution in [3.05, 3.63) is 96.7 Å². The fourth-order valence-corrected chi connectivity index (χ4v) is 4.93. The molecule has 8 heteroatoms. The van der Waals surface area contributed by atoms with E-state index >= 15 is 0 Å². The molecule has 0 radical (unpaired) electrons. The summed E-state index contributed by atoms with van der Waals surface area (Å²) in [5, 5.41) is 0. The van der Waals surface area contributed by atoms with Gasteiger partial charge in [0.2, 0.25) is 0 Å². The molecule has 180 valence electrons. The minimum atomic E-state index is -0.641. The molecule has 1 atom stereocenters. The lowest BCUT2D eigenvalue weighted by Gasteiger charge is -2.21. The van der Waals surface area contributed by atoms with Gasteiger partial charge in [0.15, 0.2) is 16.3 Å². The Morgan fingerprint density at radius 2 is 1.83 bits per heavy atom. The Balaban J connectivity index is 1.86. The molecule has 0 N–H and O–H groups in total. The normalized spacial score (nSPS) is 15.7. The number of esters is 1. The van der Waals surface area contributed by atoms with Crippen LogP contribution in [0.5, 0.6) is 11.5 Å². The van der Waals surface area contributed by atoms with Crippen molar-refractivity contribution < 1.29 is 19.0 Å². The number of carbonyl (C=O) groups excluding carboxylic acids is 1. The number of ether oxygens (including phenoxy) is 3. The molecule has 35 heavy (non-hydrogen) atoms. The molecule has 2 heterocycles. The largest absolute Gasteiger partial charge is 0.493 e. The van der Waals surface area contributed by atoms with Crippen LogP contribution in [-0.4, -0.2) is 31.4 Å². The first kappa shape index (κ1) is 24.2. The zero-order chi connectivity index (χ0) is 24.9. The van der Waals surface area contributed by atoms with Crippen LogP contribution in [0.1, 0.15) is 31.0 Å². The van der Waals surface area contributed by atoms with Crippen LogP contribution in [0.15, 0.2) is 75.7 Å². The first-order valence-corrected chi connectivity index (χ1v) is 11.9. The van der Waals surface area contributed by atoms with E-state index in [1.54, 1.807) is 50.8 Å². The van der Waals surface area contributed by atoms with Crippen molar-refractivity contribution in [2.24, 2.45) is 4.99 Å².